The number of rotatable bonds is 2. The fourth-order valence-corrected chi connectivity index (χ4v) is 3.33. The van der Waals surface area contributed by atoms with Crippen LogP contribution in [0.2, 0.25) is 0 Å². The average molecular weight is 309 g/mol. The second-order valence-electron chi connectivity index (χ2n) is 5.88. The number of benzene rings is 1. The van der Waals surface area contributed by atoms with Crippen LogP contribution in [-0.4, -0.2) is 40.1 Å². The number of hydrogen-bond acceptors (Lipinski definition) is 2. The maximum Gasteiger partial charge on any atom is 0.256 e. The number of amides is 1. The van der Waals surface area contributed by atoms with Crippen LogP contribution >= 0.6 is 0 Å². The van der Waals surface area contributed by atoms with E-state index in [1.165, 1.54) is 0 Å². The van der Waals surface area contributed by atoms with Crippen LogP contribution in [0.4, 0.5) is 0 Å². The van der Waals surface area contributed by atoms with Gasteiger partial charge in [0.15, 0.2) is 0 Å². The van der Waals surface area contributed by atoms with Crippen LogP contribution in [0, 0.1) is 0 Å². The van der Waals surface area contributed by atoms with Gasteiger partial charge in [-0.1, -0.05) is 12.1 Å². The Balaban J connectivity index is 1.73. The third-order valence-corrected chi connectivity index (χ3v) is 4.53. The standard InChI is InChI=1S/C18H19N3O2/c1-20-9-3-6-15(20)16-12-23-11-10-21(16)18(22)14-5-2-4-13-7-8-19-17(13)14/h2-9,16,19H,10-12H2,1H3/t16-/m1/s1. The van der Waals surface area contributed by atoms with E-state index >= 15 is 0 Å². The number of aryl methyl sites for hydroxylation is 1. The van der Waals surface area contributed by atoms with E-state index in [0.717, 1.165) is 16.6 Å². The molecule has 118 valence electrons. The van der Waals surface area contributed by atoms with Crippen molar-refractivity contribution < 1.29 is 9.53 Å². The molecule has 1 aliphatic rings. The van der Waals surface area contributed by atoms with Crippen molar-refractivity contribution in [1.29, 1.82) is 0 Å². The zero-order valence-corrected chi connectivity index (χ0v) is 13.0. The molecule has 4 rings (SSSR count). The Kier molecular flexibility index (Phi) is 3.42. The predicted octanol–water partition coefficient (Wildman–Crippen LogP) is 2.72. The normalized spacial score (nSPS) is 18.5. The number of nitrogens with zero attached hydrogens (tertiary/aromatic N) is 2. The van der Waals surface area contributed by atoms with Crippen LogP contribution in [0.1, 0.15) is 22.1 Å². The van der Waals surface area contributed by atoms with Crippen molar-refractivity contribution in [3.8, 4) is 0 Å². The van der Waals surface area contributed by atoms with E-state index in [1.807, 2.05) is 54.7 Å². The zero-order chi connectivity index (χ0) is 15.8. The van der Waals surface area contributed by atoms with Crippen molar-refractivity contribution in [2.75, 3.05) is 19.8 Å². The lowest BCUT2D eigenvalue weighted by atomic mass is 10.1. The van der Waals surface area contributed by atoms with Crippen molar-refractivity contribution in [2.45, 2.75) is 6.04 Å². The first-order chi connectivity index (χ1) is 11.3. The van der Waals surface area contributed by atoms with Gasteiger partial charge in [-0.3, -0.25) is 4.79 Å². The van der Waals surface area contributed by atoms with E-state index < -0.39 is 0 Å². The zero-order valence-electron chi connectivity index (χ0n) is 13.0. The molecule has 23 heavy (non-hydrogen) atoms. The number of para-hydroxylation sites is 1. The molecule has 0 aliphatic carbocycles. The summed E-state index contributed by atoms with van der Waals surface area (Å²) in [5, 5.41) is 1.06. The summed E-state index contributed by atoms with van der Waals surface area (Å²) in [6.45, 7) is 1.71. The Morgan fingerprint density at radius 2 is 2.17 bits per heavy atom. The highest BCUT2D eigenvalue weighted by molar-refractivity contribution is 6.05. The van der Waals surface area contributed by atoms with E-state index in [-0.39, 0.29) is 11.9 Å². The third kappa shape index (κ3) is 2.33. The molecule has 3 aromatic rings. The molecule has 0 bridgehead atoms. The quantitative estimate of drug-likeness (QED) is 0.791. The predicted molar refractivity (Wildman–Crippen MR) is 88.3 cm³/mol. The number of hydrogen-bond donors (Lipinski definition) is 1. The highest BCUT2D eigenvalue weighted by Gasteiger charge is 2.31. The molecule has 1 aliphatic heterocycles. The minimum absolute atomic E-state index is 0.0487. The lowest BCUT2D eigenvalue weighted by Gasteiger charge is -2.36. The van der Waals surface area contributed by atoms with Crippen molar-refractivity contribution >= 4 is 16.8 Å². The first-order valence-corrected chi connectivity index (χ1v) is 7.82. The molecule has 1 atom stereocenters. The Bertz CT molecular complexity index is 849. The molecule has 1 fully saturated rings. The molecule has 1 saturated heterocycles. The number of morpholine rings is 1. The van der Waals surface area contributed by atoms with Gasteiger partial charge in [0, 0.05) is 37.1 Å². The van der Waals surface area contributed by atoms with E-state index in [9.17, 15) is 4.79 Å². The second-order valence-corrected chi connectivity index (χ2v) is 5.88. The summed E-state index contributed by atoms with van der Waals surface area (Å²) in [5.74, 6) is 0.0487. The van der Waals surface area contributed by atoms with Gasteiger partial charge in [0.25, 0.3) is 5.91 Å². The number of H-pyrrole nitrogens is 1. The Hall–Kier alpha value is -2.53. The topological polar surface area (TPSA) is 50.3 Å². The van der Waals surface area contributed by atoms with Gasteiger partial charge in [0.2, 0.25) is 0 Å². The molecule has 5 heteroatoms. The molecule has 1 N–H and O–H groups in total. The number of ether oxygens (including phenoxy) is 1. The number of aromatic amines is 1. The van der Waals surface area contributed by atoms with Crippen LogP contribution in [0.3, 0.4) is 0 Å². The summed E-state index contributed by atoms with van der Waals surface area (Å²) < 4.78 is 7.69. The van der Waals surface area contributed by atoms with Crippen molar-refractivity contribution in [3.63, 3.8) is 0 Å². The molecular weight excluding hydrogens is 290 g/mol. The SMILES string of the molecule is Cn1cccc1[C@H]1COCCN1C(=O)c1cccc2cc[nH]c12. The smallest absolute Gasteiger partial charge is 0.256 e. The minimum atomic E-state index is -0.0542. The number of nitrogens with one attached hydrogen (secondary N) is 1. The first kappa shape index (κ1) is 14.1. The van der Waals surface area contributed by atoms with Gasteiger partial charge in [-0.2, -0.15) is 0 Å². The number of carbonyl (C=O) groups excluding carboxylic acids is 1. The lowest BCUT2D eigenvalue weighted by Crippen LogP contribution is -2.44. The van der Waals surface area contributed by atoms with E-state index in [2.05, 4.69) is 15.6 Å². The highest BCUT2D eigenvalue weighted by Crippen LogP contribution is 2.28. The molecule has 3 heterocycles. The Labute approximate surface area is 134 Å². The van der Waals surface area contributed by atoms with Crippen LogP contribution in [0.5, 0.6) is 0 Å². The lowest BCUT2D eigenvalue weighted by molar-refractivity contribution is -0.00453. The molecule has 2 aromatic heterocycles. The molecule has 0 spiro atoms. The van der Waals surface area contributed by atoms with Gasteiger partial charge >= 0.3 is 0 Å². The van der Waals surface area contributed by atoms with Gasteiger partial charge in [0.05, 0.1) is 30.3 Å². The van der Waals surface area contributed by atoms with Crippen molar-refractivity contribution in [3.05, 3.63) is 60.0 Å². The van der Waals surface area contributed by atoms with E-state index in [1.54, 1.807) is 0 Å². The average Bonchev–Trinajstić information content (AvgIpc) is 3.22. The molecule has 0 radical (unpaired) electrons. The Morgan fingerprint density at radius 3 is 3.00 bits per heavy atom. The maximum absolute atomic E-state index is 13.2. The van der Waals surface area contributed by atoms with Gasteiger partial charge in [0.1, 0.15) is 0 Å². The van der Waals surface area contributed by atoms with Gasteiger partial charge < -0.3 is 19.2 Å². The summed E-state index contributed by atoms with van der Waals surface area (Å²) >= 11 is 0. The first-order valence-electron chi connectivity index (χ1n) is 7.82. The van der Waals surface area contributed by atoms with Crippen LogP contribution in [-0.2, 0) is 11.8 Å². The van der Waals surface area contributed by atoms with Crippen LogP contribution in [0.25, 0.3) is 10.9 Å². The van der Waals surface area contributed by atoms with Crippen molar-refractivity contribution in [2.24, 2.45) is 7.05 Å². The van der Waals surface area contributed by atoms with Gasteiger partial charge in [-0.05, 0) is 24.3 Å². The van der Waals surface area contributed by atoms with Gasteiger partial charge in [-0.15, -0.1) is 0 Å². The van der Waals surface area contributed by atoms with E-state index in [4.69, 9.17) is 4.74 Å². The molecule has 0 unspecified atom stereocenters. The fourth-order valence-electron chi connectivity index (χ4n) is 3.33. The number of carbonyl (C=O) groups is 1. The summed E-state index contributed by atoms with van der Waals surface area (Å²) in [6, 6.07) is 11.8. The number of aromatic nitrogens is 2. The largest absolute Gasteiger partial charge is 0.377 e. The molecule has 1 amide bonds. The number of fused-ring (bicyclic) bond motifs is 1. The summed E-state index contributed by atoms with van der Waals surface area (Å²) in [5.41, 5.74) is 2.71. The third-order valence-electron chi connectivity index (χ3n) is 4.53. The second kappa shape index (κ2) is 5.59. The van der Waals surface area contributed by atoms with Crippen LogP contribution < -0.4 is 0 Å². The summed E-state index contributed by atoms with van der Waals surface area (Å²) in [6.07, 6.45) is 3.87. The highest BCUT2D eigenvalue weighted by atomic mass is 16.5. The summed E-state index contributed by atoms with van der Waals surface area (Å²) in [7, 11) is 2.00. The van der Waals surface area contributed by atoms with Gasteiger partial charge in [-0.25, -0.2) is 0 Å². The minimum Gasteiger partial charge on any atom is -0.377 e. The monoisotopic (exact) mass is 309 g/mol. The Morgan fingerprint density at radius 1 is 1.26 bits per heavy atom. The molecule has 1 aromatic carbocycles. The molecule has 0 saturated carbocycles. The van der Waals surface area contributed by atoms with Crippen molar-refractivity contribution in [1.82, 2.24) is 14.5 Å². The summed E-state index contributed by atoms with van der Waals surface area (Å²) in [4.78, 5) is 18.3. The molecular formula is C18H19N3O2. The van der Waals surface area contributed by atoms with Crippen LogP contribution in [0.15, 0.2) is 48.8 Å². The fraction of sp³-hybridized carbons (Fsp3) is 0.278. The van der Waals surface area contributed by atoms with E-state index in [0.29, 0.717) is 25.3 Å². The molecule has 5 nitrogen and oxygen atoms in total. The maximum atomic E-state index is 13.2.